The molecule has 0 aliphatic rings. The molecule has 0 spiro atoms. The Labute approximate surface area is 175 Å². The first-order valence-corrected chi connectivity index (χ1v) is 11.9. The minimum Gasteiger partial charge on any atom is -0.103 e. The van der Waals surface area contributed by atoms with Crippen LogP contribution in [0.1, 0.15) is 122 Å². The third-order valence-electron chi connectivity index (χ3n) is 5.14. The van der Waals surface area contributed by atoms with E-state index in [1.807, 2.05) is 18.2 Å². The summed E-state index contributed by atoms with van der Waals surface area (Å²) in [4.78, 5) is 0. The molecule has 0 heterocycles. The fourth-order valence-corrected chi connectivity index (χ4v) is 3.36. The molecule has 0 N–H and O–H groups in total. The second-order valence-corrected chi connectivity index (χ2v) is 7.87. The molecule has 0 nitrogen and oxygen atoms in total. The molecule has 154 valence electrons. The Morgan fingerprint density at radius 3 is 1.54 bits per heavy atom. The van der Waals surface area contributed by atoms with Gasteiger partial charge in [-0.15, -0.1) is 11.8 Å². The van der Waals surface area contributed by atoms with E-state index in [0.29, 0.717) is 0 Å². The lowest BCUT2D eigenvalue weighted by molar-refractivity contribution is 0.540. The minimum atomic E-state index is 0.947. The number of rotatable bonds is 15. The van der Waals surface area contributed by atoms with Crippen molar-refractivity contribution in [1.29, 1.82) is 0 Å². The summed E-state index contributed by atoms with van der Waals surface area (Å²) in [5, 5.41) is 0. The summed E-state index contributed by atoms with van der Waals surface area (Å²) >= 11 is 0. The number of hydrogen-bond donors (Lipinski definition) is 0. The van der Waals surface area contributed by atoms with Crippen LogP contribution in [0, 0.1) is 23.7 Å². The number of hydrogen-bond acceptors (Lipinski definition) is 0. The molecule has 0 aliphatic heterocycles. The first-order chi connectivity index (χ1) is 13.9. The average Bonchev–Trinajstić information content (AvgIpc) is 2.73. The Morgan fingerprint density at radius 2 is 0.964 bits per heavy atom. The van der Waals surface area contributed by atoms with Crippen LogP contribution >= 0.6 is 0 Å². The van der Waals surface area contributed by atoms with Crippen molar-refractivity contribution >= 4 is 0 Å². The van der Waals surface area contributed by atoms with Crippen molar-refractivity contribution in [3.8, 4) is 23.7 Å². The molecule has 0 aromatic heterocycles. The maximum atomic E-state index is 3.34. The molecule has 1 rings (SSSR count). The Morgan fingerprint density at radius 1 is 0.500 bits per heavy atom. The third-order valence-corrected chi connectivity index (χ3v) is 5.14. The predicted molar refractivity (Wildman–Crippen MR) is 125 cm³/mol. The van der Waals surface area contributed by atoms with Gasteiger partial charge in [0.05, 0.1) is 0 Å². The third kappa shape index (κ3) is 16.5. The highest BCUT2D eigenvalue weighted by Gasteiger charge is 1.93. The van der Waals surface area contributed by atoms with Crippen molar-refractivity contribution < 1.29 is 0 Å². The molecule has 1 aromatic rings. The maximum Gasteiger partial charge on any atom is 0.0245 e. The van der Waals surface area contributed by atoms with E-state index in [-0.39, 0.29) is 0 Å². The van der Waals surface area contributed by atoms with Crippen LogP contribution in [0.5, 0.6) is 0 Å². The zero-order valence-electron chi connectivity index (χ0n) is 18.4. The van der Waals surface area contributed by atoms with E-state index in [4.69, 9.17) is 0 Å². The summed E-state index contributed by atoms with van der Waals surface area (Å²) in [5.41, 5.74) is 1.11. The molecule has 0 bridgehead atoms. The Bertz CT molecular complexity index is 561. The molecule has 0 saturated heterocycles. The lowest BCUT2D eigenvalue weighted by Crippen LogP contribution is -1.82. The van der Waals surface area contributed by atoms with Gasteiger partial charge in [0.15, 0.2) is 0 Å². The highest BCUT2D eigenvalue weighted by atomic mass is 14.0. The highest BCUT2D eigenvalue weighted by Crippen LogP contribution is 2.12. The lowest BCUT2D eigenvalue weighted by Gasteiger charge is -2.02. The van der Waals surface area contributed by atoms with Crippen LogP contribution in [0.15, 0.2) is 30.3 Å². The molecule has 28 heavy (non-hydrogen) atoms. The first-order valence-electron chi connectivity index (χ1n) is 11.9. The zero-order chi connectivity index (χ0) is 20.0. The molecule has 0 atom stereocenters. The Balaban J connectivity index is 1.79. The minimum absolute atomic E-state index is 0.947. The summed E-state index contributed by atoms with van der Waals surface area (Å²) in [7, 11) is 0. The van der Waals surface area contributed by atoms with Crippen LogP contribution in [0.25, 0.3) is 0 Å². The van der Waals surface area contributed by atoms with Gasteiger partial charge in [0, 0.05) is 24.8 Å². The van der Waals surface area contributed by atoms with E-state index in [9.17, 15) is 0 Å². The molecule has 0 saturated carbocycles. The van der Waals surface area contributed by atoms with Crippen molar-refractivity contribution in [2.24, 2.45) is 0 Å². The monoisotopic (exact) mass is 378 g/mol. The number of benzene rings is 1. The van der Waals surface area contributed by atoms with Crippen LogP contribution in [0.4, 0.5) is 0 Å². The second-order valence-electron chi connectivity index (χ2n) is 7.87. The van der Waals surface area contributed by atoms with Gasteiger partial charge in [0.2, 0.25) is 0 Å². The van der Waals surface area contributed by atoms with Crippen LogP contribution < -0.4 is 0 Å². The molecular formula is C28H42. The van der Waals surface area contributed by atoms with Crippen molar-refractivity contribution in [2.75, 3.05) is 0 Å². The zero-order valence-corrected chi connectivity index (χ0v) is 18.4. The van der Waals surface area contributed by atoms with Gasteiger partial charge in [-0.25, -0.2) is 0 Å². The highest BCUT2D eigenvalue weighted by molar-refractivity contribution is 5.33. The van der Waals surface area contributed by atoms with Gasteiger partial charge in [-0.1, -0.05) is 114 Å². The molecule has 0 unspecified atom stereocenters. The van der Waals surface area contributed by atoms with E-state index in [1.54, 1.807) is 0 Å². The first kappa shape index (κ1) is 24.4. The topological polar surface area (TPSA) is 0 Å². The SMILES string of the molecule is CCCCCCCCCCCCCCCC#CCCCC#Cc1ccccc1. The largest absolute Gasteiger partial charge is 0.103 e. The molecule has 0 amide bonds. The van der Waals surface area contributed by atoms with Gasteiger partial charge in [0.1, 0.15) is 0 Å². The van der Waals surface area contributed by atoms with E-state index in [0.717, 1.165) is 31.2 Å². The van der Waals surface area contributed by atoms with Gasteiger partial charge in [0.25, 0.3) is 0 Å². The predicted octanol–water partition coefficient (Wildman–Crippen LogP) is 8.69. The summed E-state index contributed by atoms with van der Waals surface area (Å²) in [6.07, 6.45) is 22.5. The quantitative estimate of drug-likeness (QED) is 0.211. The van der Waals surface area contributed by atoms with Gasteiger partial charge in [-0.2, -0.15) is 0 Å². The Hall–Kier alpha value is -1.66. The summed E-state index contributed by atoms with van der Waals surface area (Å²) in [6, 6.07) is 10.2. The van der Waals surface area contributed by atoms with Crippen LogP contribution in [0.2, 0.25) is 0 Å². The van der Waals surface area contributed by atoms with Crippen LogP contribution in [0.3, 0.4) is 0 Å². The van der Waals surface area contributed by atoms with Gasteiger partial charge < -0.3 is 0 Å². The van der Waals surface area contributed by atoms with E-state index in [2.05, 4.69) is 42.7 Å². The van der Waals surface area contributed by atoms with E-state index in [1.165, 1.54) is 83.5 Å². The molecular weight excluding hydrogens is 336 g/mol. The second kappa shape index (κ2) is 20.1. The van der Waals surface area contributed by atoms with Crippen molar-refractivity contribution in [3.05, 3.63) is 35.9 Å². The van der Waals surface area contributed by atoms with Crippen molar-refractivity contribution in [3.63, 3.8) is 0 Å². The maximum absolute atomic E-state index is 3.34. The smallest absolute Gasteiger partial charge is 0.0245 e. The summed E-state index contributed by atoms with van der Waals surface area (Å²) < 4.78 is 0. The molecule has 0 radical (unpaired) electrons. The number of unbranched alkanes of at least 4 members (excludes halogenated alkanes) is 15. The fraction of sp³-hybridized carbons (Fsp3) is 0.643. The van der Waals surface area contributed by atoms with E-state index < -0.39 is 0 Å². The van der Waals surface area contributed by atoms with Crippen molar-refractivity contribution in [2.45, 2.75) is 116 Å². The normalized spacial score (nSPS) is 10.0. The van der Waals surface area contributed by atoms with Crippen LogP contribution in [-0.4, -0.2) is 0 Å². The molecule has 0 heteroatoms. The van der Waals surface area contributed by atoms with Gasteiger partial charge in [-0.05, 0) is 25.0 Å². The fourth-order valence-electron chi connectivity index (χ4n) is 3.36. The summed E-state index contributed by atoms with van der Waals surface area (Å²) in [5.74, 6) is 13.1. The molecule has 0 fully saturated rings. The molecule has 1 aromatic carbocycles. The van der Waals surface area contributed by atoms with Gasteiger partial charge >= 0.3 is 0 Å². The van der Waals surface area contributed by atoms with Gasteiger partial charge in [-0.3, -0.25) is 0 Å². The van der Waals surface area contributed by atoms with Crippen LogP contribution in [-0.2, 0) is 0 Å². The lowest BCUT2D eigenvalue weighted by atomic mass is 10.0. The average molecular weight is 379 g/mol. The summed E-state index contributed by atoms with van der Waals surface area (Å²) in [6.45, 7) is 2.29. The Kier molecular flexibility index (Phi) is 17.5. The van der Waals surface area contributed by atoms with Crippen molar-refractivity contribution in [1.82, 2.24) is 0 Å². The van der Waals surface area contributed by atoms with E-state index >= 15 is 0 Å². The standard InChI is InChI=1S/C28H42/c1-2-3-4-5-6-7-8-9-10-11-12-13-14-15-16-17-18-19-20-22-25-28-26-23-21-24-27-28/h21,23-24,26-27H,2-15,18-20H2,1H3. The molecule has 0 aliphatic carbocycles.